The van der Waals surface area contributed by atoms with Gasteiger partial charge in [0.05, 0.1) is 17.3 Å². The van der Waals surface area contributed by atoms with Crippen LogP contribution >= 0.6 is 15.9 Å². The van der Waals surface area contributed by atoms with Crippen LogP contribution in [0, 0.1) is 20.8 Å². The first-order chi connectivity index (χ1) is 8.88. The van der Waals surface area contributed by atoms with Gasteiger partial charge in [-0.05, 0) is 59.5 Å². The Morgan fingerprint density at radius 1 is 1.26 bits per heavy atom. The van der Waals surface area contributed by atoms with E-state index in [9.17, 15) is 0 Å². The molecule has 0 aliphatic carbocycles. The number of nitrogens with zero attached hydrogens (tertiary/aromatic N) is 2. The molecule has 2 N–H and O–H groups in total. The number of rotatable bonds is 2. The van der Waals surface area contributed by atoms with Gasteiger partial charge in [-0.3, -0.25) is 4.68 Å². The molecule has 0 aliphatic rings. The zero-order valence-corrected chi connectivity index (χ0v) is 13.4. The smallest absolute Gasteiger partial charge is 0.160 e. The normalized spacial score (nSPS) is 10.8. The van der Waals surface area contributed by atoms with Crippen molar-refractivity contribution in [3.8, 4) is 17.0 Å². The van der Waals surface area contributed by atoms with Gasteiger partial charge in [0.2, 0.25) is 0 Å². The van der Waals surface area contributed by atoms with E-state index in [1.54, 1.807) is 11.8 Å². The number of hydrogen-bond acceptors (Lipinski definition) is 3. The molecule has 1 aromatic heterocycles. The third-order valence-electron chi connectivity index (χ3n) is 3.52. The molecule has 1 aromatic carbocycles. The molecule has 0 aliphatic heterocycles. The number of benzene rings is 1. The molecule has 2 aromatic rings. The summed E-state index contributed by atoms with van der Waals surface area (Å²) < 4.78 is 8.05. The summed E-state index contributed by atoms with van der Waals surface area (Å²) in [6, 6.07) is 2.05. The van der Waals surface area contributed by atoms with Gasteiger partial charge in [-0.2, -0.15) is 5.10 Å². The lowest BCUT2D eigenvalue weighted by molar-refractivity contribution is 0.411. The van der Waals surface area contributed by atoms with Crippen molar-refractivity contribution in [2.75, 3.05) is 12.8 Å². The second kappa shape index (κ2) is 4.89. The van der Waals surface area contributed by atoms with E-state index >= 15 is 0 Å². The number of nitrogen functional groups attached to an aromatic ring is 1. The Balaban J connectivity index is 2.80. The van der Waals surface area contributed by atoms with Crippen molar-refractivity contribution in [2.24, 2.45) is 7.05 Å². The van der Waals surface area contributed by atoms with Crippen molar-refractivity contribution in [1.29, 1.82) is 0 Å². The topological polar surface area (TPSA) is 53.1 Å². The molecule has 102 valence electrons. The van der Waals surface area contributed by atoms with E-state index in [-0.39, 0.29) is 0 Å². The van der Waals surface area contributed by atoms with Gasteiger partial charge in [0.25, 0.3) is 0 Å². The van der Waals surface area contributed by atoms with Gasteiger partial charge in [-0.25, -0.2) is 0 Å². The summed E-state index contributed by atoms with van der Waals surface area (Å²) in [6.07, 6.45) is 0. The van der Waals surface area contributed by atoms with Crippen LogP contribution in [0.15, 0.2) is 10.5 Å². The summed E-state index contributed by atoms with van der Waals surface area (Å²) in [5.41, 5.74) is 11.5. The van der Waals surface area contributed by atoms with Crippen LogP contribution in [0.1, 0.15) is 16.7 Å². The number of aryl methyl sites for hydroxylation is 2. The van der Waals surface area contributed by atoms with Gasteiger partial charge < -0.3 is 10.5 Å². The van der Waals surface area contributed by atoms with Crippen LogP contribution in [0.4, 0.5) is 5.82 Å². The molecule has 2 rings (SSSR count). The van der Waals surface area contributed by atoms with Crippen molar-refractivity contribution >= 4 is 21.7 Å². The standard InChI is InChI=1S/C14H18BrN3O/c1-7-6-10(19-5)8(2)9(3)11(7)13-12(15)14(16)17-18(13)4/h6H,1-5H3,(H2,16,17). The Morgan fingerprint density at radius 3 is 2.37 bits per heavy atom. The van der Waals surface area contributed by atoms with Gasteiger partial charge in [0, 0.05) is 12.6 Å². The second-order valence-electron chi connectivity index (χ2n) is 4.69. The van der Waals surface area contributed by atoms with Crippen LogP contribution in [-0.2, 0) is 7.05 Å². The number of aromatic nitrogens is 2. The molecule has 0 atom stereocenters. The molecular weight excluding hydrogens is 306 g/mol. The van der Waals surface area contributed by atoms with Gasteiger partial charge in [-0.15, -0.1) is 0 Å². The highest BCUT2D eigenvalue weighted by molar-refractivity contribution is 9.10. The molecule has 0 fully saturated rings. The summed E-state index contributed by atoms with van der Waals surface area (Å²) >= 11 is 3.53. The Morgan fingerprint density at radius 2 is 1.89 bits per heavy atom. The molecule has 0 bridgehead atoms. The molecule has 0 saturated carbocycles. The maximum absolute atomic E-state index is 5.87. The van der Waals surface area contributed by atoms with E-state index in [0.29, 0.717) is 5.82 Å². The number of hydrogen-bond donors (Lipinski definition) is 1. The number of ether oxygens (including phenoxy) is 1. The van der Waals surface area contributed by atoms with Crippen LogP contribution in [0.25, 0.3) is 11.3 Å². The maximum atomic E-state index is 5.87. The van der Waals surface area contributed by atoms with E-state index in [1.807, 2.05) is 13.1 Å². The Hall–Kier alpha value is -1.49. The molecule has 4 nitrogen and oxygen atoms in total. The highest BCUT2D eigenvalue weighted by Crippen LogP contribution is 2.39. The highest BCUT2D eigenvalue weighted by Gasteiger charge is 2.19. The third-order valence-corrected chi connectivity index (χ3v) is 4.30. The van der Waals surface area contributed by atoms with Crippen LogP contribution in [0.3, 0.4) is 0 Å². The van der Waals surface area contributed by atoms with Gasteiger partial charge in [-0.1, -0.05) is 0 Å². The summed E-state index contributed by atoms with van der Waals surface area (Å²) in [6.45, 7) is 6.22. The van der Waals surface area contributed by atoms with Crippen molar-refractivity contribution in [2.45, 2.75) is 20.8 Å². The molecule has 0 radical (unpaired) electrons. The minimum atomic E-state index is 0.504. The lowest BCUT2D eigenvalue weighted by Gasteiger charge is -2.16. The molecule has 0 saturated heterocycles. The van der Waals surface area contributed by atoms with Gasteiger partial charge >= 0.3 is 0 Å². The first kappa shape index (κ1) is 13.9. The molecule has 0 spiro atoms. The lowest BCUT2D eigenvalue weighted by atomic mass is 9.95. The lowest BCUT2D eigenvalue weighted by Crippen LogP contribution is -2.01. The van der Waals surface area contributed by atoms with Gasteiger partial charge in [0.1, 0.15) is 5.75 Å². The van der Waals surface area contributed by atoms with Crippen molar-refractivity contribution in [1.82, 2.24) is 9.78 Å². The molecular formula is C14H18BrN3O. The fraction of sp³-hybridized carbons (Fsp3) is 0.357. The average Bonchev–Trinajstić information content (AvgIpc) is 2.60. The Bertz CT molecular complexity index is 647. The monoisotopic (exact) mass is 323 g/mol. The largest absolute Gasteiger partial charge is 0.496 e. The van der Waals surface area contributed by atoms with E-state index in [0.717, 1.165) is 32.6 Å². The van der Waals surface area contributed by atoms with Crippen molar-refractivity contribution < 1.29 is 4.74 Å². The van der Waals surface area contributed by atoms with E-state index in [1.165, 1.54) is 5.56 Å². The number of anilines is 1. The Labute approximate surface area is 121 Å². The zero-order valence-electron chi connectivity index (χ0n) is 11.8. The fourth-order valence-corrected chi connectivity index (χ4v) is 2.95. The van der Waals surface area contributed by atoms with Crippen LogP contribution in [0.2, 0.25) is 0 Å². The minimum Gasteiger partial charge on any atom is -0.496 e. The molecule has 19 heavy (non-hydrogen) atoms. The third kappa shape index (κ3) is 2.12. The fourth-order valence-electron chi connectivity index (χ4n) is 2.41. The van der Waals surface area contributed by atoms with Crippen LogP contribution in [0.5, 0.6) is 5.75 Å². The first-order valence-corrected chi connectivity index (χ1v) is 6.80. The summed E-state index contributed by atoms with van der Waals surface area (Å²) in [5, 5.41) is 4.26. The first-order valence-electron chi connectivity index (χ1n) is 6.01. The molecule has 5 heteroatoms. The molecule has 0 amide bonds. The van der Waals surface area contributed by atoms with Crippen LogP contribution < -0.4 is 10.5 Å². The van der Waals surface area contributed by atoms with Crippen molar-refractivity contribution in [3.63, 3.8) is 0 Å². The zero-order chi connectivity index (χ0) is 14.3. The highest BCUT2D eigenvalue weighted by atomic mass is 79.9. The molecule has 0 unspecified atom stereocenters. The quantitative estimate of drug-likeness (QED) is 0.921. The molecule has 1 heterocycles. The van der Waals surface area contributed by atoms with E-state index in [4.69, 9.17) is 10.5 Å². The van der Waals surface area contributed by atoms with Crippen LogP contribution in [-0.4, -0.2) is 16.9 Å². The summed E-state index contributed by atoms with van der Waals surface area (Å²) in [7, 11) is 3.59. The van der Waals surface area contributed by atoms with Gasteiger partial charge in [0.15, 0.2) is 5.82 Å². The number of nitrogens with two attached hydrogens (primary N) is 1. The summed E-state index contributed by atoms with van der Waals surface area (Å²) in [4.78, 5) is 0. The van der Waals surface area contributed by atoms with Crippen molar-refractivity contribution in [3.05, 3.63) is 27.2 Å². The average molecular weight is 324 g/mol. The van der Waals surface area contributed by atoms with E-state index < -0.39 is 0 Å². The number of halogens is 1. The maximum Gasteiger partial charge on any atom is 0.160 e. The summed E-state index contributed by atoms with van der Waals surface area (Å²) in [5.74, 6) is 1.41. The minimum absolute atomic E-state index is 0.504. The predicted molar refractivity (Wildman–Crippen MR) is 81.5 cm³/mol. The number of methoxy groups -OCH3 is 1. The Kier molecular flexibility index (Phi) is 3.58. The second-order valence-corrected chi connectivity index (χ2v) is 5.49. The SMILES string of the molecule is COc1cc(C)c(-c2c(Br)c(N)nn2C)c(C)c1C. The predicted octanol–water partition coefficient (Wildman–Crippen LogP) is 3.37. The van der Waals surface area contributed by atoms with E-state index in [2.05, 4.69) is 41.8 Å².